The van der Waals surface area contributed by atoms with Gasteiger partial charge in [-0.15, -0.1) is 0 Å². The van der Waals surface area contributed by atoms with Crippen molar-refractivity contribution in [1.29, 1.82) is 0 Å². The maximum atomic E-state index is 11.5. The van der Waals surface area contributed by atoms with Gasteiger partial charge in [0.25, 0.3) is 0 Å². The molecule has 0 saturated carbocycles. The van der Waals surface area contributed by atoms with E-state index in [0.29, 0.717) is 31.1 Å². The van der Waals surface area contributed by atoms with Crippen LogP contribution in [-0.2, 0) is 11.2 Å². The predicted molar refractivity (Wildman–Crippen MR) is 73.3 cm³/mol. The van der Waals surface area contributed by atoms with Crippen LogP contribution in [0.15, 0.2) is 12.1 Å². The highest BCUT2D eigenvalue weighted by molar-refractivity contribution is 6.00. The number of nitrogens with one attached hydrogen (secondary N) is 2. The Morgan fingerprint density at radius 3 is 3.20 bits per heavy atom. The van der Waals surface area contributed by atoms with Crippen LogP contribution in [-0.4, -0.2) is 43.4 Å². The second kappa shape index (κ2) is 5.68. The molecular formula is C14H18N2O4. The van der Waals surface area contributed by atoms with Crippen LogP contribution in [0.1, 0.15) is 12.0 Å². The quantitative estimate of drug-likeness (QED) is 0.675. The van der Waals surface area contributed by atoms with Crippen LogP contribution in [0, 0.1) is 0 Å². The average Bonchev–Trinajstić information content (AvgIpc) is 2.84. The number of aliphatic hydroxyl groups excluding tert-OH is 1. The van der Waals surface area contributed by atoms with Crippen molar-refractivity contribution in [1.82, 2.24) is 5.32 Å². The number of aliphatic hydroxyl groups is 1. The van der Waals surface area contributed by atoms with E-state index in [2.05, 4.69) is 10.6 Å². The minimum atomic E-state index is -0.0802. The summed E-state index contributed by atoms with van der Waals surface area (Å²) in [4.78, 5) is 11.5. The van der Waals surface area contributed by atoms with Crippen LogP contribution >= 0.6 is 0 Å². The van der Waals surface area contributed by atoms with Crippen molar-refractivity contribution in [2.24, 2.45) is 0 Å². The molecule has 1 atom stereocenters. The SMILES string of the molecule is O=C1Cc2c(ccc3c2OC(CNCCCO)CO3)N1. The van der Waals surface area contributed by atoms with E-state index in [1.807, 2.05) is 12.1 Å². The highest BCUT2D eigenvalue weighted by Gasteiger charge is 2.29. The van der Waals surface area contributed by atoms with Gasteiger partial charge in [0.1, 0.15) is 12.7 Å². The fraction of sp³-hybridized carbons (Fsp3) is 0.500. The third-order valence-corrected chi connectivity index (χ3v) is 3.43. The second-order valence-electron chi connectivity index (χ2n) is 4.98. The van der Waals surface area contributed by atoms with Gasteiger partial charge in [0, 0.05) is 24.4 Å². The van der Waals surface area contributed by atoms with Crippen LogP contribution in [0.25, 0.3) is 0 Å². The Bertz CT molecular complexity index is 518. The summed E-state index contributed by atoms with van der Waals surface area (Å²) < 4.78 is 11.7. The van der Waals surface area contributed by atoms with E-state index in [1.165, 1.54) is 0 Å². The second-order valence-corrected chi connectivity index (χ2v) is 4.98. The Hall–Kier alpha value is -1.79. The Balaban J connectivity index is 1.68. The highest BCUT2D eigenvalue weighted by atomic mass is 16.6. The first-order valence-electron chi connectivity index (χ1n) is 6.84. The van der Waals surface area contributed by atoms with Crippen molar-refractivity contribution < 1.29 is 19.4 Å². The number of rotatable bonds is 5. The molecular weight excluding hydrogens is 260 g/mol. The molecule has 0 spiro atoms. The number of hydrogen-bond donors (Lipinski definition) is 3. The lowest BCUT2D eigenvalue weighted by atomic mass is 10.1. The molecule has 20 heavy (non-hydrogen) atoms. The molecule has 0 fully saturated rings. The van der Waals surface area contributed by atoms with Gasteiger partial charge in [-0.3, -0.25) is 4.79 Å². The summed E-state index contributed by atoms with van der Waals surface area (Å²) in [5, 5.41) is 14.7. The van der Waals surface area contributed by atoms with Gasteiger partial charge in [0.2, 0.25) is 5.91 Å². The molecule has 2 aliphatic rings. The van der Waals surface area contributed by atoms with Crippen LogP contribution in [0.3, 0.4) is 0 Å². The first-order valence-corrected chi connectivity index (χ1v) is 6.84. The van der Waals surface area contributed by atoms with Gasteiger partial charge in [0.15, 0.2) is 11.5 Å². The van der Waals surface area contributed by atoms with E-state index >= 15 is 0 Å². The number of carbonyl (C=O) groups is 1. The molecule has 2 heterocycles. The standard InChI is InChI=1S/C14H18N2O4/c17-5-1-4-15-7-9-8-19-12-3-2-11-10(14(12)20-9)6-13(18)16-11/h2-3,9,15,17H,1,4-8H2,(H,16,18). The summed E-state index contributed by atoms with van der Waals surface area (Å²) in [5.41, 5.74) is 1.69. The smallest absolute Gasteiger partial charge is 0.229 e. The number of anilines is 1. The van der Waals surface area contributed by atoms with Crippen LogP contribution in [0.2, 0.25) is 0 Å². The summed E-state index contributed by atoms with van der Waals surface area (Å²) in [6.07, 6.45) is 0.980. The van der Waals surface area contributed by atoms with Gasteiger partial charge in [-0.2, -0.15) is 0 Å². The lowest BCUT2D eigenvalue weighted by molar-refractivity contribution is -0.115. The van der Waals surface area contributed by atoms with Gasteiger partial charge in [0.05, 0.1) is 6.42 Å². The Labute approximate surface area is 117 Å². The first kappa shape index (κ1) is 13.2. The average molecular weight is 278 g/mol. The zero-order chi connectivity index (χ0) is 13.9. The van der Waals surface area contributed by atoms with E-state index in [-0.39, 0.29) is 18.6 Å². The third kappa shape index (κ3) is 2.57. The molecule has 0 aromatic heterocycles. The van der Waals surface area contributed by atoms with Crippen molar-refractivity contribution >= 4 is 11.6 Å². The zero-order valence-electron chi connectivity index (χ0n) is 11.1. The minimum absolute atomic E-state index is 0.0137. The molecule has 3 rings (SSSR count). The minimum Gasteiger partial charge on any atom is -0.486 e. The van der Waals surface area contributed by atoms with Gasteiger partial charge in [-0.05, 0) is 25.1 Å². The molecule has 6 nitrogen and oxygen atoms in total. The Morgan fingerprint density at radius 1 is 1.45 bits per heavy atom. The van der Waals surface area contributed by atoms with Crippen molar-refractivity contribution in [3.8, 4) is 11.5 Å². The predicted octanol–water partition coefficient (Wildman–Crippen LogP) is 0.293. The van der Waals surface area contributed by atoms with E-state index in [9.17, 15) is 4.79 Å². The Kier molecular flexibility index (Phi) is 3.75. The Morgan fingerprint density at radius 2 is 2.35 bits per heavy atom. The number of hydrogen-bond acceptors (Lipinski definition) is 5. The third-order valence-electron chi connectivity index (χ3n) is 3.43. The summed E-state index contributed by atoms with van der Waals surface area (Å²) >= 11 is 0. The van der Waals surface area contributed by atoms with E-state index in [1.54, 1.807) is 0 Å². The summed E-state index contributed by atoms with van der Waals surface area (Å²) in [6, 6.07) is 3.68. The van der Waals surface area contributed by atoms with Crippen molar-refractivity contribution in [3.63, 3.8) is 0 Å². The molecule has 108 valence electrons. The fourth-order valence-electron chi connectivity index (χ4n) is 2.45. The van der Waals surface area contributed by atoms with E-state index in [4.69, 9.17) is 14.6 Å². The normalized spacial score (nSPS) is 19.6. The molecule has 1 unspecified atom stereocenters. The number of carbonyl (C=O) groups excluding carboxylic acids is 1. The molecule has 3 N–H and O–H groups in total. The maximum absolute atomic E-state index is 11.5. The van der Waals surface area contributed by atoms with Crippen molar-refractivity contribution in [2.75, 3.05) is 31.6 Å². The van der Waals surface area contributed by atoms with Gasteiger partial charge >= 0.3 is 0 Å². The first-order chi connectivity index (χ1) is 9.78. The van der Waals surface area contributed by atoms with Gasteiger partial charge in [-0.25, -0.2) is 0 Å². The zero-order valence-corrected chi connectivity index (χ0v) is 11.1. The summed E-state index contributed by atoms with van der Waals surface area (Å²) in [5.74, 6) is 1.37. The molecule has 0 bridgehead atoms. The number of ether oxygens (including phenoxy) is 2. The topological polar surface area (TPSA) is 79.8 Å². The van der Waals surface area contributed by atoms with Gasteiger partial charge < -0.3 is 25.2 Å². The number of amides is 1. The molecule has 0 saturated heterocycles. The summed E-state index contributed by atoms with van der Waals surface area (Å²) in [7, 11) is 0. The number of fused-ring (bicyclic) bond motifs is 3. The van der Waals surface area contributed by atoms with Crippen LogP contribution in [0.5, 0.6) is 11.5 Å². The maximum Gasteiger partial charge on any atom is 0.229 e. The highest BCUT2D eigenvalue weighted by Crippen LogP contribution is 2.41. The van der Waals surface area contributed by atoms with Crippen molar-refractivity contribution in [2.45, 2.75) is 18.9 Å². The molecule has 1 aromatic carbocycles. The van der Waals surface area contributed by atoms with E-state index in [0.717, 1.165) is 24.2 Å². The van der Waals surface area contributed by atoms with Crippen LogP contribution in [0.4, 0.5) is 5.69 Å². The molecule has 6 heteroatoms. The van der Waals surface area contributed by atoms with Gasteiger partial charge in [-0.1, -0.05) is 0 Å². The number of benzene rings is 1. The largest absolute Gasteiger partial charge is 0.486 e. The fourth-order valence-corrected chi connectivity index (χ4v) is 2.45. The molecule has 0 aliphatic carbocycles. The lowest BCUT2D eigenvalue weighted by Gasteiger charge is -2.28. The molecule has 0 radical (unpaired) electrons. The molecule has 1 amide bonds. The monoisotopic (exact) mass is 278 g/mol. The summed E-state index contributed by atoms with van der Waals surface area (Å²) in [6.45, 7) is 2.07. The molecule has 1 aromatic rings. The lowest BCUT2D eigenvalue weighted by Crippen LogP contribution is -2.39. The van der Waals surface area contributed by atoms with E-state index < -0.39 is 0 Å². The molecule has 2 aliphatic heterocycles. The van der Waals surface area contributed by atoms with Crippen molar-refractivity contribution in [3.05, 3.63) is 17.7 Å². The van der Waals surface area contributed by atoms with Crippen LogP contribution < -0.4 is 20.1 Å².